The highest BCUT2D eigenvalue weighted by atomic mass is 19.1. The van der Waals surface area contributed by atoms with Crippen molar-refractivity contribution in [1.29, 1.82) is 0 Å². The Hall–Kier alpha value is -3.40. The first kappa shape index (κ1) is 21.4. The van der Waals surface area contributed by atoms with E-state index < -0.39 is 5.82 Å². The number of hydrogen-bond acceptors (Lipinski definition) is 7. The zero-order chi connectivity index (χ0) is 22.9. The zero-order valence-electron chi connectivity index (χ0n) is 18.6. The Balaban J connectivity index is 1.49. The summed E-state index contributed by atoms with van der Waals surface area (Å²) in [5.41, 5.74) is 2.35. The molecule has 2 aromatic heterocycles. The number of amides is 1. The Morgan fingerprint density at radius 3 is 2.85 bits per heavy atom. The number of hydrogen-bond donors (Lipinski definition) is 2. The Morgan fingerprint density at radius 2 is 2.06 bits per heavy atom. The molecule has 0 bridgehead atoms. The van der Waals surface area contributed by atoms with E-state index in [2.05, 4.69) is 25.5 Å². The van der Waals surface area contributed by atoms with Crippen LogP contribution in [0.4, 0.5) is 16.0 Å². The number of carbonyl (C=O) groups excluding carboxylic acids is 1. The molecule has 0 saturated heterocycles. The minimum atomic E-state index is -0.429. The smallest absolute Gasteiger partial charge is 0.245 e. The summed E-state index contributed by atoms with van der Waals surface area (Å²) in [7, 11) is 1.75. The summed E-state index contributed by atoms with van der Waals surface area (Å²) in [4.78, 5) is 27.6. The molecule has 2 aliphatic rings. The number of anilines is 2. The van der Waals surface area contributed by atoms with Crippen molar-refractivity contribution in [2.75, 3.05) is 30.4 Å². The summed E-state index contributed by atoms with van der Waals surface area (Å²) >= 11 is 0. The molecule has 33 heavy (non-hydrogen) atoms. The number of benzene rings is 1. The fourth-order valence-electron chi connectivity index (χ4n) is 4.84. The highest BCUT2D eigenvalue weighted by Crippen LogP contribution is 2.34. The molecule has 10 heteroatoms. The highest BCUT2D eigenvalue weighted by Gasteiger charge is 2.32. The number of rotatable bonds is 5. The first-order valence-electron chi connectivity index (χ1n) is 11.1. The summed E-state index contributed by atoms with van der Waals surface area (Å²) in [5, 5.41) is 9.30. The lowest BCUT2D eigenvalue weighted by Crippen LogP contribution is -2.45. The number of H-pyrrole nitrogens is 1. The van der Waals surface area contributed by atoms with Crippen molar-refractivity contribution in [3.8, 4) is 22.6 Å². The van der Waals surface area contributed by atoms with E-state index in [4.69, 9.17) is 9.72 Å². The van der Waals surface area contributed by atoms with E-state index in [0.717, 1.165) is 31.2 Å². The van der Waals surface area contributed by atoms with E-state index in [-0.39, 0.29) is 18.6 Å². The molecule has 1 fully saturated rings. The van der Waals surface area contributed by atoms with Crippen LogP contribution < -0.4 is 10.2 Å². The van der Waals surface area contributed by atoms with Crippen LogP contribution in [0.2, 0.25) is 0 Å². The van der Waals surface area contributed by atoms with E-state index in [9.17, 15) is 9.18 Å². The molecule has 0 radical (unpaired) electrons. The maximum atomic E-state index is 14.9. The Morgan fingerprint density at radius 1 is 1.21 bits per heavy atom. The van der Waals surface area contributed by atoms with Gasteiger partial charge in [-0.2, -0.15) is 5.10 Å². The van der Waals surface area contributed by atoms with Crippen molar-refractivity contribution in [3.05, 3.63) is 36.0 Å². The molecule has 5 rings (SSSR count). The Bertz CT molecular complexity index is 1170. The van der Waals surface area contributed by atoms with Crippen LogP contribution in [0.15, 0.2) is 24.7 Å². The lowest BCUT2D eigenvalue weighted by Gasteiger charge is -2.37. The molecule has 1 amide bonds. The standard InChI is InChI=1S/C23H26FN7O2/c1-13-7-16(21-26-12-27-30-21)17(24)8-15(13)18-9-25-22-23(28-18)31(11-20(32)29-22)10-14-5-3-4-6-19(14)33-2/h7-9,12,14,19H,3-6,10-11H2,1-2H3,(H,25,29,32)(H,26,27,30). The molecule has 9 nitrogen and oxygen atoms in total. The summed E-state index contributed by atoms with van der Waals surface area (Å²) in [5.74, 6) is 1.17. The molecule has 1 aliphatic carbocycles. The maximum Gasteiger partial charge on any atom is 0.245 e. The van der Waals surface area contributed by atoms with Crippen molar-refractivity contribution in [2.45, 2.75) is 38.7 Å². The number of halogens is 1. The van der Waals surface area contributed by atoms with Gasteiger partial charge in [0, 0.05) is 25.1 Å². The van der Waals surface area contributed by atoms with Gasteiger partial charge in [0.15, 0.2) is 17.5 Å². The molecule has 2 atom stereocenters. The molecule has 2 N–H and O–H groups in total. The molecule has 0 spiro atoms. The average molecular weight is 452 g/mol. The van der Waals surface area contributed by atoms with E-state index in [0.29, 0.717) is 46.7 Å². The van der Waals surface area contributed by atoms with Gasteiger partial charge in [0.05, 0.1) is 30.1 Å². The number of fused-ring (bicyclic) bond motifs is 1. The predicted molar refractivity (Wildman–Crippen MR) is 121 cm³/mol. The molecule has 3 heterocycles. The molecule has 1 aliphatic heterocycles. The Labute approximate surface area is 190 Å². The van der Waals surface area contributed by atoms with E-state index in [1.54, 1.807) is 19.4 Å². The van der Waals surface area contributed by atoms with Gasteiger partial charge in [0.2, 0.25) is 5.91 Å². The van der Waals surface area contributed by atoms with Gasteiger partial charge in [-0.1, -0.05) is 12.8 Å². The molecular weight excluding hydrogens is 425 g/mol. The molecule has 3 aromatic rings. The normalized spacial score (nSPS) is 20.5. The lowest BCUT2D eigenvalue weighted by molar-refractivity contribution is -0.115. The minimum Gasteiger partial charge on any atom is -0.381 e. The van der Waals surface area contributed by atoms with Crippen molar-refractivity contribution in [3.63, 3.8) is 0 Å². The fourth-order valence-corrected chi connectivity index (χ4v) is 4.84. The van der Waals surface area contributed by atoms with Crippen LogP contribution in [-0.4, -0.2) is 57.4 Å². The van der Waals surface area contributed by atoms with Crippen LogP contribution >= 0.6 is 0 Å². The second-order valence-corrected chi connectivity index (χ2v) is 8.66. The number of carbonyl (C=O) groups is 1. The van der Waals surface area contributed by atoms with Crippen LogP contribution in [-0.2, 0) is 9.53 Å². The number of nitrogens with zero attached hydrogens (tertiary/aromatic N) is 5. The van der Waals surface area contributed by atoms with Crippen LogP contribution in [0.25, 0.3) is 22.6 Å². The van der Waals surface area contributed by atoms with Gasteiger partial charge in [-0.05, 0) is 37.5 Å². The summed E-state index contributed by atoms with van der Waals surface area (Å²) in [6.45, 7) is 2.76. The number of methoxy groups -OCH3 is 1. The summed E-state index contributed by atoms with van der Waals surface area (Å²) in [6, 6.07) is 3.16. The largest absolute Gasteiger partial charge is 0.381 e. The van der Waals surface area contributed by atoms with Gasteiger partial charge in [-0.25, -0.2) is 19.3 Å². The van der Waals surface area contributed by atoms with Crippen molar-refractivity contribution >= 4 is 17.5 Å². The van der Waals surface area contributed by atoms with Crippen molar-refractivity contribution < 1.29 is 13.9 Å². The number of aromatic amines is 1. The maximum absolute atomic E-state index is 14.9. The number of aromatic nitrogens is 5. The van der Waals surface area contributed by atoms with Gasteiger partial charge in [-0.15, -0.1) is 0 Å². The molecular formula is C23H26FN7O2. The third-order valence-electron chi connectivity index (χ3n) is 6.50. The molecule has 1 aromatic carbocycles. The first-order valence-corrected chi connectivity index (χ1v) is 11.1. The lowest BCUT2D eigenvalue weighted by atomic mass is 9.86. The van der Waals surface area contributed by atoms with Gasteiger partial charge >= 0.3 is 0 Å². The van der Waals surface area contributed by atoms with Gasteiger partial charge < -0.3 is 15.0 Å². The zero-order valence-corrected chi connectivity index (χ0v) is 18.6. The number of aryl methyl sites for hydroxylation is 1. The third kappa shape index (κ3) is 4.18. The van der Waals surface area contributed by atoms with Crippen LogP contribution in [0.5, 0.6) is 0 Å². The Kier molecular flexibility index (Phi) is 5.76. The summed E-state index contributed by atoms with van der Waals surface area (Å²) in [6.07, 6.45) is 7.46. The summed E-state index contributed by atoms with van der Waals surface area (Å²) < 4.78 is 20.6. The monoisotopic (exact) mass is 451 g/mol. The SMILES string of the molecule is COC1CCCCC1CN1CC(=O)Nc2ncc(-c3cc(F)c(-c4ncn[nH]4)cc3C)nc21. The third-order valence-corrected chi connectivity index (χ3v) is 6.50. The minimum absolute atomic E-state index is 0.118. The van der Waals surface area contributed by atoms with Crippen molar-refractivity contribution in [1.82, 2.24) is 25.1 Å². The van der Waals surface area contributed by atoms with Crippen LogP contribution in [0.1, 0.15) is 31.2 Å². The fraction of sp³-hybridized carbons (Fsp3) is 0.435. The molecule has 1 saturated carbocycles. The quantitative estimate of drug-likeness (QED) is 0.612. The number of ether oxygens (including phenoxy) is 1. The number of nitrogens with one attached hydrogen (secondary N) is 2. The second-order valence-electron chi connectivity index (χ2n) is 8.66. The second kappa shape index (κ2) is 8.86. The average Bonchev–Trinajstić information content (AvgIpc) is 3.35. The first-order chi connectivity index (χ1) is 16.0. The molecule has 2 unspecified atom stereocenters. The van der Waals surface area contributed by atoms with Gasteiger partial charge in [0.25, 0.3) is 0 Å². The van der Waals surface area contributed by atoms with Crippen LogP contribution in [0, 0.1) is 18.7 Å². The topological polar surface area (TPSA) is 109 Å². The highest BCUT2D eigenvalue weighted by molar-refractivity contribution is 5.99. The predicted octanol–water partition coefficient (Wildman–Crippen LogP) is 3.34. The van der Waals surface area contributed by atoms with Gasteiger partial charge in [0.1, 0.15) is 12.1 Å². The van der Waals surface area contributed by atoms with Crippen LogP contribution in [0.3, 0.4) is 0 Å². The van der Waals surface area contributed by atoms with E-state index in [1.807, 2.05) is 11.8 Å². The molecule has 172 valence electrons. The van der Waals surface area contributed by atoms with Crippen molar-refractivity contribution in [2.24, 2.45) is 5.92 Å². The van der Waals surface area contributed by atoms with Gasteiger partial charge in [-0.3, -0.25) is 9.89 Å². The van der Waals surface area contributed by atoms with E-state index in [1.165, 1.54) is 12.4 Å². The van der Waals surface area contributed by atoms with E-state index >= 15 is 0 Å².